The molecule has 3 aliphatic rings. The molecule has 7 nitrogen and oxygen atoms in total. The molecule has 2 fully saturated rings. The van der Waals surface area contributed by atoms with Crippen molar-refractivity contribution in [1.82, 2.24) is 14.5 Å². The average Bonchev–Trinajstić information content (AvgIpc) is 3.48. The molecule has 1 saturated heterocycles. The van der Waals surface area contributed by atoms with Crippen LogP contribution in [0.4, 0.5) is 4.39 Å². The zero-order valence-corrected chi connectivity index (χ0v) is 16.7. The SMILES string of the molecule is CCC1CCN(C2C(C)=c3c(c(=O)[nH]c(=O)n3C3CC3)=C(OC)C2F)CC1N. The van der Waals surface area contributed by atoms with Crippen LogP contribution in [0.3, 0.4) is 0 Å². The van der Waals surface area contributed by atoms with Gasteiger partial charge in [0.25, 0.3) is 5.56 Å². The molecule has 3 N–H and O–H groups in total. The first-order valence-corrected chi connectivity index (χ1v) is 10.2. The van der Waals surface area contributed by atoms with E-state index in [4.69, 9.17) is 10.5 Å². The molecule has 4 rings (SSSR count). The van der Waals surface area contributed by atoms with Gasteiger partial charge in [-0.25, -0.2) is 9.18 Å². The van der Waals surface area contributed by atoms with Crippen LogP contribution in [0.15, 0.2) is 9.59 Å². The lowest BCUT2D eigenvalue weighted by molar-refractivity contribution is 0.0940. The molecule has 0 amide bonds. The van der Waals surface area contributed by atoms with Gasteiger partial charge in [0.2, 0.25) is 0 Å². The largest absolute Gasteiger partial charge is 0.497 e. The number of nitrogens with two attached hydrogens (primary N) is 1. The number of methoxy groups -OCH3 is 1. The number of aromatic nitrogens is 2. The number of likely N-dealkylation sites (tertiary alicyclic amines) is 1. The summed E-state index contributed by atoms with van der Waals surface area (Å²) >= 11 is 0. The van der Waals surface area contributed by atoms with Crippen molar-refractivity contribution in [3.8, 4) is 0 Å². The summed E-state index contributed by atoms with van der Waals surface area (Å²) in [6.45, 7) is 5.28. The van der Waals surface area contributed by atoms with Gasteiger partial charge in [0.05, 0.1) is 18.5 Å². The van der Waals surface area contributed by atoms with Gasteiger partial charge < -0.3 is 10.5 Å². The first-order chi connectivity index (χ1) is 13.4. The summed E-state index contributed by atoms with van der Waals surface area (Å²) in [5, 5.41) is 0.682. The molecule has 2 heterocycles. The van der Waals surface area contributed by atoms with Crippen molar-refractivity contribution in [3.05, 3.63) is 31.4 Å². The molecule has 4 atom stereocenters. The molecule has 8 heteroatoms. The number of rotatable bonds is 4. The molecule has 0 bridgehead atoms. The summed E-state index contributed by atoms with van der Waals surface area (Å²) in [4.78, 5) is 29.5. The van der Waals surface area contributed by atoms with Gasteiger partial charge in [-0.2, -0.15) is 0 Å². The Morgan fingerprint density at radius 2 is 2.00 bits per heavy atom. The molecule has 1 aromatic rings. The minimum atomic E-state index is -1.48. The fourth-order valence-electron chi connectivity index (χ4n) is 4.98. The monoisotopic (exact) mass is 392 g/mol. The van der Waals surface area contributed by atoms with Crippen molar-refractivity contribution in [2.24, 2.45) is 11.7 Å². The molecule has 0 spiro atoms. The van der Waals surface area contributed by atoms with Crippen LogP contribution in [0.25, 0.3) is 11.3 Å². The van der Waals surface area contributed by atoms with Crippen LogP contribution in [0.1, 0.15) is 45.6 Å². The van der Waals surface area contributed by atoms with E-state index in [-0.39, 0.29) is 23.1 Å². The Morgan fingerprint density at radius 1 is 1.29 bits per heavy atom. The van der Waals surface area contributed by atoms with Crippen molar-refractivity contribution in [3.63, 3.8) is 0 Å². The van der Waals surface area contributed by atoms with E-state index in [1.165, 1.54) is 7.11 Å². The van der Waals surface area contributed by atoms with E-state index in [0.717, 1.165) is 32.2 Å². The highest BCUT2D eigenvalue weighted by Gasteiger charge is 2.41. The zero-order valence-electron chi connectivity index (χ0n) is 16.7. The molecule has 28 heavy (non-hydrogen) atoms. The number of hydrogen-bond acceptors (Lipinski definition) is 5. The van der Waals surface area contributed by atoms with Gasteiger partial charge in [0.1, 0.15) is 11.0 Å². The maximum atomic E-state index is 15.7. The highest BCUT2D eigenvalue weighted by Crippen LogP contribution is 2.33. The molecule has 1 aromatic heterocycles. The molecule has 0 radical (unpaired) electrons. The standard InChI is InChI=1S/C20H29FN4O3/c1-4-11-7-8-24(9-13(11)22)17-10(2)16-14(18(28-3)15(17)21)19(26)23-20(27)25(16)12-5-6-12/h11-13,15,17H,4-9,22H2,1-3H3,(H,23,26,27). The number of piperidine rings is 1. The first-order valence-electron chi connectivity index (χ1n) is 10.2. The third-order valence-electron chi connectivity index (χ3n) is 6.62. The zero-order chi connectivity index (χ0) is 20.2. The third-order valence-corrected chi connectivity index (χ3v) is 6.62. The van der Waals surface area contributed by atoms with Gasteiger partial charge in [-0.1, -0.05) is 13.3 Å². The van der Waals surface area contributed by atoms with E-state index in [1.807, 2.05) is 6.92 Å². The molecule has 0 aromatic carbocycles. The van der Waals surface area contributed by atoms with Crippen LogP contribution in [-0.2, 0) is 4.74 Å². The predicted octanol–water partition coefficient (Wildman–Crippen LogP) is -0.424. The molecule has 154 valence electrons. The molecule has 4 unspecified atom stereocenters. The Bertz CT molecular complexity index is 1010. The lowest BCUT2D eigenvalue weighted by atomic mass is 9.86. The lowest BCUT2D eigenvalue weighted by Crippen LogP contribution is -2.63. The van der Waals surface area contributed by atoms with E-state index >= 15 is 4.39 Å². The molecule has 2 aliphatic carbocycles. The van der Waals surface area contributed by atoms with Crippen LogP contribution in [0.5, 0.6) is 0 Å². The van der Waals surface area contributed by atoms with Gasteiger partial charge >= 0.3 is 5.69 Å². The van der Waals surface area contributed by atoms with Crippen LogP contribution in [0.2, 0.25) is 0 Å². The molecule has 1 saturated carbocycles. The maximum Gasteiger partial charge on any atom is 0.329 e. The van der Waals surface area contributed by atoms with E-state index in [2.05, 4.69) is 16.8 Å². The lowest BCUT2D eigenvalue weighted by Gasteiger charge is -2.43. The van der Waals surface area contributed by atoms with E-state index in [0.29, 0.717) is 23.4 Å². The summed E-state index contributed by atoms with van der Waals surface area (Å²) < 4.78 is 22.7. The van der Waals surface area contributed by atoms with Gasteiger partial charge in [-0.05, 0) is 44.2 Å². The Balaban J connectivity index is 1.92. The Labute approximate surface area is 162 Å². The molecular weight excluding hydrogens is 363 g/mol. The van der Waals surface area contributed by atoms with Gasteiger partial charge in [0.15, 0.2) is 6.17 Å². The van der Waals surface area contributed by atoms with E-state index in [1.54, 1.807) is 4.57 Å². The summed E-state index contributed by atoms with van der Waals surface area (Å²) in [5.74, 6) is 0.441. The number of H-pyrrole nitrogens is 1. The summed E-state index contributed by atoms with van der Waals surface area (Å²) in [6, 6.07) is -0.551. The van der Waals surface area contributed by atoms with Crippen molar-refractivity contribution in [2.75, 3.05) is 20.2 Å². The van der Waals surface area contributed by atoms with Crippen LogP contribution >= 0.6 is 0 Å². The minimum absolute atomic E-state index is 0.00689. The van der Waals surface area contributed by atoms with Crippen molar-refractivity contribution in [2.45, 2.75) is 63.8 Å². The maximum absolute atomic E-state index is 15.7. The summed E-state index contributed by atoms with van der Waals surface area (Å²) in [6.07, 6.45) is 2.20. The number of nitrogens with one attached hydrogen (secondary N) is 1. The molecular formula is C20H29FN4O3. The second kappa shape index (κ2) is 7.15. The Kier molecular flexibility index (Phi) is 4.95. The second-order valence-electron chi connectivity index (χ2n) is 8.30. The normalized spacial score (nSPS) is 31.0. The molecule has 1 aliphatic heterocycles. The van der Waals surface area contributed by atoms with E-state index < -0.39 is 23.5 Å². The highest BCUT2D eigenvalue weighted by atomic mass is 19.1. The number of hydrogen-bond donors (Lipinski definition) is 2. The van der Waals surface area contributed by atoms with Crippen LogP contribution in [-0.4, -0.2) is 52.9 Å². The van der Waals surface area contributed by atoms with Gasteiger partial charge in [-0.15, -0.1) is 0 Å². The number of aromatic amines is 1. The Morgan fingerprint density at radius 3 is 2.57 bits per heavy atom. The number of halogens is 1. The van der Waals surface area contributed by atoms with Crippen molar-refractivity contribution in [1.29, 1.82) is 0 Å². The van der Waals surface area contributed by atoms with Crippen molar-refractivity contribution < 1.29 is 9.13 Å². The summed E-state index contributed by atoms with van der Waals surface area (Å²) in [5.41, 5.74) is 6.04. The predicted molar refractivity (Wildman–Crippen MR) is 105 cm³/mol. The smallest absolute Gasteiger partial charge is 0.329 e. The van der Waals surface area contributed by atoms with Gasteiger partial charge in [-0.3, -0.25) is 19.2 Å². The first kappa shape index (κ1) is 19.4. The quantitative estimate of drug-likeness (QED) is 0.726. The van der Waals surface area contributed by atoms with Crippen molar-refractivity contribution >= 4 is 11.3 Å². The fraction of sp³-hybridized carbons (Fsp3) is 0.700. The fourth-order valence-corrected chi connectivity index (χ4v) is 4.98. The number of ether oxygens (including phenoxy) is 1. The van der Waals surface area contributed by atoms with Crippen LogP contribution in [0, 0.1) is 5.92 Å². The average molecular weight is 392 g/mol. The summed E-state index contributed by atoms with van der Waals surface area (Å²) in [7, 11) is 1.38. The highest BCUT2D eigenvalue weighted by molar-refractivity contribution is 5.60. The number of fused-ring (bicyclic) bond motifs is 1. The van der Waals surface area contributed by atoms with Gasteiger partial charge in [0, 0.05) is 18.6 Å². The Hall–Kier alpha value is -1.93. The number of alkyl halides is 1. The second-order valence-corrected chi connectivity index (χ2v) is 8.30. The minimum Gasteiger partial charge on any atom is -0.497 e. The van der Waals surface area contributed by atoms with E-state index in [9.17, 15) is 9.59 Å². The number of nitrogens with zero attached hydrogens (tertiary/aromatic N) is 2. The third kappa shape index (κ3) is 2.93. The topological polar surface area (TPSA) is 93.3 Å². The van der Waals surface area contributed by atoms with Crippen LogP contribution < -0.4 is 27.6 Å².